The molecule has 0 N–H and O–H groups in total. The van der Waals surface area contributed by atoms with Gasteiger partial charge in [0.2, 0.25) is 5.27 Å². The van der Waals surface area contributed by atoms with E-state index in [9.17, 15) is 10.4 Å². The van der Waals surface area contributed by atoms with Crippen LogP contribution in [0.3, 0.4) is 0 Å². The van der Waals surface area contributed by atoms with Crippen LogP contribution < -0.4 is 14.9 Å². The number of hydrogen-bond acceptors (Lipinski definition) is 9. The molecule has 0 radical (unpaired) electrons. The van der Waals surface area contributed by atoms with Crippen molar-refractivity contribution >= 4 is 23.5 Å². The van der Waals surface area contributed by atoms with E-state index in [2.05, 4.69) is 16.3 Å². The standard InChI is InChI=1S/C27H24N6O3S/c1-19-7-9-20(10-8-19)22-15-24(21-5-3-2-4-6-21)29-27(23(22)16-28)37-18-25(34)30-26-17-33(31-36-26)32-11-13-35-14-12-32/h2-10,15,17H,11-14,18H2,1H3. The van der Waals surface area contributed by atoms with Crippen molar-refractivity contribution in [2.75, 3.05) is 37.1 Å². The van der Waals surface area contributed by atoms with Gasteiger partial charge in [0.1, 0.15) is 11.1 Å². The molecule has 10 heteroatoms. The van der Waals surface area contributed by atoms with E-state index in [1.165, 1.54) is 16.6 Å². The van der Waals surface area contributed by atoms with Crippen molar-refractivity contribution in [1.29, 1.82) is 5.26 Å². The first-order chi connectivity index (χ1) is 18.1. The van der Waals surface area contributed by atoms with Gasteiger partial charge in [0.05, 0.1) is 42.4 Å². The largest absolute Gasteiger partial charge is 0.861 e. The monoisotopic (exact) mass is 512 g/mol. The molecule has 3 heterocycles. The third-order valence-electron chi connectivity index (χ3n) is 5.82. The van der Waals surface area contributed by atoms with Gasteiger partial charge in [0, 0.05) is 16.9 Å². The molecule has 9 nitrogen and oxygen atoms in total. The average molecular weight is 513 g/mol. The van der Waals surface area contributed by atoms with E-state index in [-0.39, 0.29) is 11.6 Å². The van der Waals surface area contributed by atoms with Gasteiger partial charge in [-0.05, 0) is 24.5 Å². The first kappa shape index (κ1) is 24.5. The van der Waals surface area contributed by atoms with Crippen molar-refractivity contribution in [3.63, 3.8) is 0 Å². The van der Waals surface area contributed by atoms with Gasteiger partial charge in [-0.25, -0.2) is 9.98 Å². The van der Waals surface area contributed by atoms with E-state index in [0.29, 0.717) is 36.9 Å². The third-order valence-corrected chi connectivity index (χ3v) is 6.78. The Bertz CT molecular complexity index is 1440. The number of hydrogen-bond donors (Lipinski definition) is 0. The summed E-state index contributed by atoms with van der Waals surface area (Å²) >= 11 is 1.18. The number of nitriles is 1. The Morgan fingerprint density at radius 2 is 1.89 bits per heavy atom. The van der Waals surface area contributed by atoms with Gasteiger partial charge in [-0.15, -0.1) is 5.01 Å². The summed E-state index contributed by atoms with van der Waals surface area (Å²) in [6.45, 7) is 4.56. The summed E-state index contributed by atoms with van der Waals surface area (Å²) in [6.07, 6.45) is 1.57. The smallest absolute Gasteiger partial charge is 0.324 e. The van der Waals surface area contributed by atoms with Gasteiger partial charge < -0.3 is 9.84 Å². The highest BCUT2D eigenvalue weighted by molar-refractivity contribution is 8.00. The highest BCUT2D eigenvalue weighted by Crippen LogP contribution is 2.34. The normalized spacial score (nSPS) is 13.9. The minimum Gasteiger partial charge on any atom is -0.861 e. The van der Waals surface area contributed by atoms with E-state index >= 15 is 0 Å². The van der Waals surface area contributed by atoms with Crippen LogP contribution in [0.2, 0.25) is 0 Å². The summed E-state index contributed by atoms with van der Waals surface area (Å²) in [5.41, 5.74) is 4.88. The maximum Gasteiger partial charge on any atom is 0.324 e. The lowest BCUT2D eigenvalue weighted by atomic mass is 9.98. The van der Waals surface area contributed by atoms with Crippen LogP contribution in [-0.2, 0) is 4.74 Å². The molecule has 0 bridgehead atoms. The molecule has 1 saturated heterocycles. The van der Waals surface area contributed by atoms with Crippen LogP contribution in [-0.4, -0.2) is 48.2 Å². The van der Waals surface area contributed by atoms with Gasteiger partial charge in [0.25, 0.3) is 6.20 Å². The van der Waals surface area contributed by atoms with Gasteiger partial charge in [-0.3, -0.25) is 4.52 Å². The quantitative estimate of drug-likeness (QED) is 0.161. The maximum atomic E-state index is 12.7. The van der Waals surface area contributed by atoms with Gasteiger partial charge in [-0.1, -0.05) is 71.9 Å². The zero-order valence-electron chi connectivity index (χ0n) is 20.2. The Hall–Kier alpha value is -4.20. The van der Waals surface area contributed by atoms with Crippen LogP contribution in [0.5, 0.6) is 0 Å². The molecule has 186 valence electrons. The SMILES string of the molecule is Cc1ccc(-c2cc(-c3ccccc3)nc(SC/C([O-])=N/c3c[n+](N4CCOCC4)no3)c2C#N)cc1. The number of aromatic nitrogens is 3. The molecule has 5 rings (SSSR count). The Labute approximate surface area is 218 Å². The van der Waals surface area contributed by atoms with E-state index in [1.807, 2.05) is 72.6 Å². The summed E-state index contributed by atoms with van der Waals surface area (Å²) in [5.74, 6) is -0.308. The summed E-state index contributed by atoms with van der Waals surface area (Å²) in [5, 5.41) is 29.1. The second kappa shape index (κ2) is 11.2. The molecule has 37 heavy (non-hydrogen) atoms. The molecule has 1 aliphatic rings. The highest BCUT2D eigenvalue weighted by Gasteiger charge is 2.22. The number of morpholine rings is 1. The second-order valence-corrected chi connectivity index (χ2v) is 9.36. The summed E-state index contributed by atoms with van der Waals surface area (Å²) in [4.78, 5) is 10.3. The van der Waals surface area contributed by atoms with E-state index in [4.69, 9.17) is 14.2 Å². The van der Waals surface area contributed by atoms with Crippen LogP contribution in [0.15, 0.2) is 81.4 Å². The van der Waals surface area contributed by atoms with Crippen molar-refractivity contribution in [2.45, 2.75) is 11.9 Å². The van der Waals surface area contributed by atoms with Crippen LogP contribution in [0, 0.1) is 18.3 Å². The molecule has 0 unspecified atom stereocenters. The maximum absolute atomic E-state index is 12.7. The fraction of sp³-hybridized carbons (Fsp3) is 0.222. The topological polar surface area (TPSA) is 114 Å². The molecule has 0 aliphatic carbocycles. The first-order valence-corrected chi connectivity index (χ1v) is 12.8. The van der Waals surface area contributed by atoms with E-state index < -0.39 is 5.90 Å². The predicted octanol–water partition coefficient (Wildman–Crippen LogP) is 3.02. The lowest BCUT2D eigenvalue weighted by Crippen LogP contribution is -2.62. The molecule has 2 aromatic heterocycles. The number of benzene rings is 2. The Morgan fingerprint density at radius 1 is 1.14 bits per heavy atom. The van der Waals surface area contributed by atoms with Gasteiger partial charge in [-0.2, -0.15) is 5.26 Å². The minimum absolute atomic E-state index is 0.00842. The summed E-state index contributed by atoms with van der Waals surface area (Å²) in [7, 11) is 0. The van der Waals surface area contributed by atoms with E-state index in [0.717, 1.165) is 27.9 Å². The molecule has 1 aliphatic heterocycles. The van der Waals surface area contributed by atoms with Crippen LogP contribution >= 0.6 is 11.8 Å². The Balaban J connectivity index is 1.42. The van der Waals surface area contributed by atoms with E-state index in [1.54, 1.807) is 6.20 Å². The number of aryl methyl sites for hydroxylation is 1. The molecule has 0 atom stereocenters. The lowest BCUT2D eigenvalue weighted by Gasteiger charge is -2.18. The number of ether oxygens (including phenoxy) is 1. The molecule has 0 spiro atoms. The van der Waals surface area contributed by atoms with Crippen molar-refractivity contribution < 1.29 is 19.2 Å². The highest BCUT2D eigenvalue weighted by atomic mass is 32.2. The minimum atomic E-state index is -0.414. The predicted molar refractivity (Wildman–Crippen MR) is 138 cm³/mol. The van der Waals surface area contributed by atoms with Gasteiger partial charge >= 0.3 is 5.88 Å². The first-order valence-electron chi connectivity index (χ1n) is 11.8. The lowest BCUT2D eigenvalue weighted by molar-refractivity contribution is -0.759. The molecule has 0 saturated carbocycles. The molecule has 1 fully saturated rings. The van der Waals surface area contributed by atoms with Crippen molar-refractivity contribution in [3.8, 4) is 28.5 Å². The van der Waals surface area contributed by atoms with Crippen molar-refractivity contribution in [2.24, 2.45) is 4.99 Å². The molecular formula is C27H24N6O3S. The zero-order chi connectivity index (χ0) is 25.6. The average Bonchev–Trinajstić information content (AvgIpc) is 3.41. The Morgan fingerprint density at radius 3 is 2.62 bits per heavy atom. The number of aliphatic imine (C=N–C) groups is 1. The molecule has 2 aromatic carbocycles. The van der Waals surface area contributed by atoms with Gasteiger partial charge in [0.15, 0.2) is 0 Å². The number of rotatable bonds is 7. The fourth-order valence-corrected chi connectivity index (χ4v) is 4.70. The Kier molecular flexibility index (Phi) is 7.44. The van der Waals surface area contributed by atoms with Crippen LogP contribution in [0.25, 0.3) is 22.4 Å². The van der Waals surface area contributed by atoms with Crippen molar-refractivity contribution in [3.05, 3.63) is 78.0 Å². The fourth-order valence-electron chi connectivity index (χ4n) is 3.91. The molecular weight excluding hydrogens is 488 g/mol. The summed E-state index contributed by atoms with van der Waals surface area (Å²) < 4.78 is 10.6. The number of nitrogens with zero attached hydrogens (tertiary/aromatic N) is 6. The molecule has 0 amide bonds. The number of thioether (sulfide) groups is 1. The second-order valence-electron chi connectivity index (χ2n) is 8.40. The third kappa shape index (κ3) is 5.80. The number of pyridine rings is 1. The van der Waals surface area contributed by atoms with Crippen LogP contribution in [0.4, 0.5) is 5.88 Å². The molecule has 4 aromatic rings. The van der Waals surface area contributed by atoms with Crippen LogP contribution in [0.1, 0.15) is 11.1 Å². The zero-order valence-corrected chi connectivity index (χ0v) is 21.0. The summed E-state index contributed by atoms with van der Waals surface area (Å²) in [6, 6.07) is 22.0. The van der Waals surface area contributed by atoms with Crippen molar-refractivity contribution in [1.82, 2.24) is 10.3 Å².